The van der Waals surface area contributed by atoms with Crippen LogP contribution in [0.25, 0.3) is 0 Å². The number of urea groups is 1. The molecule has 1 aliphatic rings. The molecule has 3 amide bonds. The third-order valence-electron chi connectivity index (χ3n) is 7.51. The number of pyridine rings is 2. The second-order valence-electron chi connectivity index (χ2n) is 10.4. The number of likely N-dealkylation sites (tertiary alicyclic amines) is 1. The molecule has 0 radical (unpaired) electrons. The molecule has 2 N–H and O–H groups in total. The predicted octanol–water partition coefficient (Wildman–Crippen LogP) is 4.43. The van der Waals surface area contributed by atoms with Crippen LogP contribution in [-0.2, 0) is 13.1 Å². The monoisotopic (exact) mass is 584 g/mol. The molecule has 1 fully saturated rings. The molecule has 0 spiro atoms. The molecule has 1 atom stereocenters. The van der Waals surface area contributed by atoms with Crippen LogP contribution < -0.4 is 15.4 Å². The highest BCUT2D eigenvalue weighted by atomic mass is 35.5. The third kappa shape index (κ3) is 7.93. The molecule has 4 heterocycles. The number of nitrogens with zero attached hydrogens (tertiary/aromatic N) is 4. The quantitative estimate of drug-likeness (QED) is 0.208. The lowest BCUT2D eigenvalue weighted by Gasteiger charge is -2.40. The fourth-order valence-corrected chi connectivity index (χ4v) is 6.17. The van der Waals surface area contributed by atoms with Crippen molar-refractivity contribution in [3.8, 4) is 0 Å². The van der Waals surface area contributed by atoms with Gasteiger partial charge in [0.25, 0.3) is 5.91 Å². The van der Waals surface area contributed by atoms with Crippen molar-refractivity contribution in [1.82, 2.24) is 25.4 Å². The Balaban J connectivity index is 1.28. The molecule has 214 valence electrons. The van der Waals surface area contributed by atoms with Crippen LogP contribution in [0.2, 0.25) is 5.15 Å². The number of amides is 3. The second-order valence-corrected chi connectivity index (χ2v) is 11.5. The Bertz CT molecular complexity index is 1260. The SMILES string of the molecule is Cc1cc(Cl)nc(C)c1C(=O)NCC[C@@H](C)N1CCC(N(Cc2ccsc2)C(=O)NCc2cc[n+]([O-])cc2)CC1. The molecule has 3 aromatic rings. The van der Waals surface area contributed by atoms with Crippen molar-refractivity contribution < 1.29 is 14.3 Å². The van der Waals surface area contributed by atoms with Gasteiger partial charge in [0, 0.05) is 56.9 Å². The summed E-state index contributed by atoms with van der Waals surface area (Å²) in [5.41, 5.74) is 4.04. The van der Waals surface area contributed by atoms with Crippen molar-refractivity contribution in [1.29, 1.82) is 0 Å². The van der Waals surface area contributed by atoms with Gasteiger partial charge in [0.1, 0.15) is 5.15 Å². The average Bonchev–Trinajstić information content (AvgIpc) is 3.44. The van der Waals surface area contributed by atoms with E-state index in [2.05, 4.69) is 38.9 Å². The molecule has 4 rings (SSSR count). The number of aryl methyl sites for hydroxylation is 2. The zero-order valence-corrected chi connectivity index (χ0v) is 24.8. The minimum atomic E-state index is -0.122. The number of thiophene rings is 1. The molecule has 0 saturated carbocycles. The first-order valence-electron chi connectivity index (χ1n) is 13.6. The molecular weight excluding hydrogens is 548 g/mol. The Hall–Kier alpha value is -3.21. The van der Waals surface area contributed by atoms with E-state index in [9.17, 15) is 14.8 Å². The standard InChI is InChI=1S/C29H37ClN6O3S/c1-20-16-26(30)33-22(3)27(20)28(37)31-10-4-21(2)34-11-7-25(8-12-34)36(18-24-9-15-40-19-24)29(38)32-17-23-5-13-35(39)14-6-23/h5-6,9,13-16,19,21,25H,4,7-8,10-12,17-18H2,1-3H3,(H,31,37)(H,32,38)/t21-/m1/s1. The van der Waals surface area contributed by atoms with Gasteiger partial charge in [-0.1, -0.05) is 11.6 Å². The lowest BCUT2D eigenvalue weighted by atomic mass is 10.0. The summed E-state index contributed by atoms with van der Waals surface area (Å²) in [6, 6.07) is 7.54. The van der Waals surface area contributed by atoms with Crippen LogP contribution in [0.1, 0.15) is 58.9 Å². The maximum absolute atomic E-state index is 13.3. The molecule has 3 aromatic heterocycles. The van der Waals surface area contributed by atoms with Crippen molar-refractivity contribution in [2.75, 3.05) is 19.6 Å². The summed E-state index contributed by atoms with van der Waals surface area (Å²) in [7, 11) is 0. The largest absolute Gasteiger partial charge is 0.619 e. The van der Waals surface area contributed by atoms with Crippen molar-refractivity contribution in [2.24, 2.45) is 0 Å². The molecule has 1 aliphatic heterocycles. The minimum Gasteiger partial charge on any atom is -0.619 e. The van der Waals surface area contributed by atoms with E-state index in [-0.39, 0.29) is 18.0 Å². The van der Waals surface area contributed by atoms with Gasteiger partial charge in [-0.25, -0.2) is 9.78 Å². The van der Waals surface area contributed by atoms with E-state index >= 15 is 0 Å². The highest BCUT2D eigenvalue weighted by Crippen LogP contribution is 2.23. The summed E-state index contributed by atoms with van der Waals surface area (Å²) in [6.45, 7) is 9.13. The zero-order chi connectivity index (χ0) is 28.6. The number of hydrogen-bond donors (Lipinski definition) is 2. The molecule has 0 aliphatic carbocycles. The van der Waals surface area contributed by atoms with E-state index in [0.717, 1.165) is 53.8 Å². The first kappa shape index (κ1) is 29.8. The fraction of sp³-hybridized carbons (Fsp3) is 0.448. The van der Waals surface area contributed by atoms with Gasteiger partial charge in [-0.05, 0) is 79.6 Å². The normalized spacial score (nSPS) is 15.0. The van der Waals surface area contributed by atoms with Gasteiger partial charge in [0.05, 0.1) is 11.3 Å². The molecule has 40 heavy (non-hydrogen) atoms. The first-order valence-corrected chi connectivity index (χ1v) is 14.9. The summed E-state index contributed by atoms with van der Waals surface area (Å²) in [6.07, 6.45) is 5.46. The number of carbonyl (C=O) groups excluding carboxylic acids is 2. The molecular formula is C29H37ClN6O3S. The highest BCUT2D eigenvalue weighted by Gasteiger charge is 2.30. The van der Waals surface area contributed by atoms with Crippen LogP contribution in [0, 0.1) is 19.1 Å². The Labute approximate surface area is 244 Å². The lowest BCUT2D eigenvalue weighted by molar-refractivity contribution is -0.605. The van der Waals surface area contributed by atoms with Crippen LogP contribution >= 0.6 is 22.9 Å². The maximum Gasteiger partial charge on any atom is 0.318 e. The Morgan fingerprint density at radius 2 is 1.93 bits per heavy atom. The van der Waals surface area contributed by atoms with Gasteiger partial charge in [-0.3, -0.25) is 4.79 Å². The Kier molecular flexibility index (Phi) is 10.4. The number of nitrogens with one attached hydrogen (secondary N) is 2. The smallest absolute Gasteiger partial charge is 0.318 e. The van der Waals surface area contributed by atoms with Crippen LogP contribution in [-0.4, -0.2) is 58.4 Å². The van der Waals surface area contributed by atoms with Gasteiger partial charge in [-0.2, -0.15) is 16.1 Å². The van der Waals surface area contributed by atoms with E-state index in [1.807, 2.05) is 17.2 Å². The van der Waals surface area contributed by atoms with E-state index in [1.165, 1.54) is 12.4 Å². The summed E-state index contributed by atoms with van der Waals surface area (Å²) >= 11 is 7.63. The van der Waals surface area contributed by atoms with Crippen molar-refractivity contribution in [3.63, 3.8) is 0 Å². The van der Waals surface area contributed by atoms with E-state index in [1.54, 1.807) is 36.5 Å². The molecule has 0 aromatic carbocycles. The van der Waals surface area contributed by atoms with Crippen LogP contribution in [0.3, 0.4) is 0 Å². The van der Waals surface area contributed by atoms with Crippen LogP contribution in [0.15, 0.2) is 47.4 Å². The van der Waals surface area contributed by atoms with Gasteiger partial charge < -0.3 is 25.6 Å². The van der Waals surface area contributed by atoms with Gasteiger partial charge in [-0.15, -0.1) is 0 Å². The Morgan fingerprint density at radius 3 is 2.58 bits per heavy atom. The van der Waals surface area contributed by atoms with E-state index in [0.29, 0.717) is 42.1 Å². The molecule has 1 saturated heterocycles. The van der Waals surface area contributed by atoms with Crippen molar-refractivity contribution in [3.05, 3.63) is 85.7 Å². The fourth-order valence-electron chi connectivity index (χ4n) is 5.22. The van der Waals surface area contributed by atoms with Crippen molar-refractivity contribution in [2.45, 2.75) is 65.2 Å². The number of aromatic nitrogens is 2. The maximum atomic E-state index is 13.3. The van der Waals surface area contributed by atoms with Crippen LogP contribution in [0.5, 0.6) is 0 Å². The zero-order valence-electron chi connectivity index (χ0n) is 23.2. The summed E-state index contributed by atoms with van der Waals surface area (Å²) in [5.74, 6) is -0.122. The third-order valence-corrected chi connectivity index (χ3v) is 8.44. The number of rotatable bonds is 10. The summed E-state index contributed by atoms with van der Waals surface area (Å²) < 4.78 is 0.732. The van der Waals surface area contributed by atoms with E-state index < -0.39 is 0 Å². The molecule has 0 bridgehead atoms. The first-order chi connectivity index (χ1) is 19.2. The van der Waals surface area contributed by atoms with Crippen LogP contribution in [0.4, 0.5) is 4.79 Å². The highest BCUT2D eigenvalue weighted by molar-refractivity contribution is 7.07. The Morgan fingerprint density at radius 1 is 1.20 bits per heavy atom. The summed E-state index contributed by atoms with van der Waals surface area (Å²) in [4.78, 5) is 34.7. The predicted molar refractivity (Wildman–Crippen MR) is 157 cm³/mol. The minimum absolute atomic E-state index is 0.0958. The lowest BCUT2D eigenvalue weighted by Crippen LogP contribution is -2.51. The molecule has 11 heteroatoms. The number of halogens is 1. The number of carbonyl (C=O) groups is 2. The number of hydrogen-bond acceptors (Lipinski definition) is 6. The topological polar surface area (TPSA) is 105 Å². The molecule has 0 unspecified atom stereocenters. The van der Waals surface area contributed by atoms with E-state index in [4.69, 9.17) is 11.6 Å². The van der Waals surface area contributed by atoms with Gasteiger partial charge >= 0.3 is 6.03 Å². The van der Waals surface area contributed by atoms with Gasteiger partial charge in [0.2, 0.25) is 0 Å². The van der Waals surface area contributed by atoms with Crippen molar-refractivity contribution >= 4 is 34.9 Å². The average molecular weight is 585 g/mol. The summed E-state index contributed by atoms with van der Waals surface area (Å²) in [5, 5.41) is 21.9. The second kappa shape index (κ2) is 13.9. The molecule has 9 nitrogen and oxygen atoms in total. The number of piperidine rings is 1. The van der Waals surface area contributed by atoms with Gasteiger partial charge in [0.15, 0.2) is 12.4 Å².